The van der Waals surface area contributed by atoms with Crippen molar-refractivity contribution < 1.29 is 0 Å². The summed E-state index contributed by atoms with van der Waals surface area (Å²) in [5.41, 5.74) is -0.149. The monoisotopic (exact) mass is 306 g/mol. The molecule has 0 saturated heterocycles. The normalized spacial score (nSPS) is 12.2. The van der Waals surface area contributed by atoms with Crippen LogP contribution in [0.2, 0.25) is 0 Å². The lowest BCUT2D eigenvalue weighted by atomic mass is 9.96. The third kappa shape index (κ3) is 2.25. The van der Waals surface area contributed by atoms with E-state index in [-0.39, 0.29) is 5.41 Å². The number of aromatic nitrogens is 5. The second-order valence-corrected chi connectivity index (χ2v) is 7.20. The fourth-order valence-corrected chi connectivity index (χ4v) is 3.40. The highest BCUT2D eigenvalue weighted by Crippen LogP contribution is 2.32. The molecule has 0 bridgehead atoms. The van der Waals surface area contributed by atoms with Gasteiger partial charge in [-0.25, -0.2) is 14.6 Å². The Morgan fingerprint density at radius 1 is 1.25 bits per heavy atom. The van der Waals surface area contributed by atoms with Crippen LogP contribution in [0.3, 0.4) is 0 Å². The molecule has 20 heavy (non-hydrogen) atoms. The van der Waals surface area contributed by atoms with Crippen LogP contribution in [0.1, 0.15) is 26.6 Å². The zero-order valence-electron chi connectivity index (χ0n) is 11.4. The molecule has 3 aromatic heterocycles. The third-order valence-corrected chi connectivity index (χ3v) is 4.55. The highest BCUT2D eigenvalue weighted by Gasteiger charge is 2.23. The molecule has 0 aliphatic carbocycles. The Bertz CT molecular complexity index is 755. The molecule has 0 saturated carbocycles. The average molecular weight is 306 g/mol. The second-order valence-electron chi connectivity index (χ2n) is 5.35. The van der Waals surface area contributed by atoms with Crippen LogP contribution in [0.5, 0.6) is 0 Å². The second kappa shape index (κ2) is 4.71. The van der Waals surface area contributed by atoms with Crippen LogP contribution >= 0.6 is 23.1 Å². The van der Waals surface area contributed by atoms with Gasteiger partial charge in [0.25, 0.3) is 0 Å². The molecule has 3 rings (SSSR count). The quantitative estimate of drug-likeness (QED) is 0.578. The summed E-state index contributed by atoms with van der Waals surface area (Å²) >= 11 is 2.99. The van der Waals surface area contributed by atoms with Crippen LogP contribution in [0.25, 0.3) is 10.2 Å². The zero-order valence-corrected chi connectivity index (χ0v) is 13.0. The van der Waals surface area contributed by atoms with E-state index in [1.165, 1.54) is 16.4 Å². The molecule has 0 radical (unpaired) electrons. The first kappa shape index (κ1) is 13.3. The van der Waals surface area contributed by atoms with E-state index in [0.717, 1.165) is 21.1 Å². The van der Waals surface area contributed by atoms with Crippen molar-refractivity contribution in [3.8, 4) is 0 Å². The number of nitrogens with zero attached hydrogens (tertiary/aromatic N) is 5. The number of hydrogen-bond donors (Lipinski definition) is 1. The van der Waals surface area contributed by atoms with Gasteiger partial charge in [-0.05, 0) is 23.2 Å². The molecule has 0 spiro atoms. The topological polar surface area (TPSA) is 82.5 Å². The lowest BCUT2D eigenvalue weighted by molar-refractivity contribution is 0.523. The van der Waals surface area contributed by atoms with Gasteiger partial charge in [0.1, 0.15) is 16.2 Å². The molecule has 0 amide bonds. The number of fused-ring (bicyclic) bond motifs is 1. The lowest BCUT2D eigenvalue weighted by Gasteiger charge is -2.16. The van der Waals surface area contributed by atoms with Crippen molar-refractivity contribution in [2.45, 2.75) is 36.4 Å². The first-order chi connectivity index (χ1) is 9.47. The lowest BCUT2D eigenvalue weighted by Crippen LogP contribution is -2.24. The van der Waals surface area contributed by atoms with Crippen molar-refractivity contribution in [3.63, 3.8) is 0 Å². The largest absolute Gasteiger partial charge is 0.336 e. The van der Waals surface area contributed by atoms with E-state index in [4.69, 9.17) is 5.84 Å². The fraction of sp³-hybridized carbons (Fsp3) is 0.333. The van der Waals surface area contributed by atoms with Gasteiger partial charge in [-0.15, -0.1) is 21.5 Å². The Morgan fingerprint density at radius 3 is 2.75 bits per heavy atom. The first-order valence-electron chi connectivity index (χ1n) is 6.04. The summed E-state index contributed by atoms with van der Waals surface area (Å²) in [6.45, 7) is 6.16. The zero-order chi connectivity index (χ0) is 14.3. The highest BCUT2D eigenvalue weighted by atomic mass is 32.2. The van der Waals surface area contributed by atoms with E-state index in [1.54, 1.807) is 17.7 Å². The van der Waals surface area contributed by atoms with E-state index >= 15 is 0 Å². The van der Waals surface area contributed by atoms with Gasteiger partial charge in [0.2, 0.25) is 5.16 Å². The summed E-state index contributed by atoms with van der Waals surface area (Å²) in [5.74, 6) is 6.83. The number of rotatable bonds is 2. The molecular weight excluding hydrogens is 292 g/mol. The van der Waals surface area contributed by atoms with Gasteiger partial charge in [0, 0.05) is 10.8 Å². The van der Waals surface area contributed by atoms with E-state index in [0.29, 0.717) is 5.16 Å². The standard InChI is InChI=1S/C12H14N6S2/c1-12(2,3)10-16-17-11(18(10)13)20-9-7-4-5-19-8(7)14-6-15-9/h4-6H,13H2,1-3H3. The van der Waals surface area contributed by atoms with Crippen LogP contribution < -0.4 is 5.84 Å². The van der Waals surface area contributed by atoms with Crippen LogP contribution in [0.15, 0.2) is 28.0 Å². The van der Waals surface area contributed by atoms with Crippen molar-refractivity contribution in [3.05, 3.63) is 23.6 Å². The SMILES string of the molecule is CC(C)(C)c1nnc(Sc2ncnc3sccc23)n1N. The van der Waals surface area contributed by atoms with Crippen LogP contribution in [-0.2, 0) is 5.41 Å². The van der Waals surface area contributed by atoms with Crippen LogP contribution in [0.4, 0.5) is 0 Å². The fourth-order valence-electron chi connectivity index (χ4n) is 1.79. The smallest absolute Gasteiger partial charge is 0.216 e. The molecule has 3 aromatic rings. The molecule has 104 valence electrons. The van der Waals surface area contributed by atoms with Gasteiger partial charge < -0.3 is 5.84 Å². The minimum absolute atomic E-state index is 0.149. The molecule has 0 aromatic carbocycles. The summed E-state index contributed by atoms with van der Waals surface area (Å²) in [6, 6.07) is 2.00. The van der Waals surface area contributed by atoms with Gasteiger partial charge in [0.15, 0.2) is 5.82 Å². The predicted octanol–water partition coefficient (Wildman–Crippen LogP) is 2.45. The highest BCUT2D eigenvalue weighted by molar-refractivity contribution is 7.99. The molecule has 0 unspecified atom stereocenters. The summed E-state index contributed by atoms with van der Waals surface area (Å²) < 4.78 is 1.53. The van der Waals surface area contributed by atoms with Crippen molar-refractivity contribution >= 4 is 33.3 Å². The average Bonchev–Trinajstić information content (AvgIpc) is 2.96. The Labute approximate surface area is 124 Å². The van der Waals surface area contributed by atoms with E-state index in [1.807, 2.05) is 11.4 Å². The number of nitrogen functional groups attached to an aromatic ring is 1. The predicted molar refractivity (Wildman–Crippen MR) is 80.4 cm³/mol. The van der Waals surface area contributed by atoms with Gasteiger partial charge in [-0.3, -0.25) is 0 Å². The maximum atomic E-state index is 6.09. The molecule has 2 N–H and O–H groups in total. The summed E-state index contributed by atoms with van der Waals surface area (Å²) in [7, 11) is 0. The minimum Gasteiger partial charge on any atom is -0.336 e. The van der Waals surface area contributed by atoms with Gasteiger partial charge in [-0.1, -0.05) is 20.8 Å². The molecule has 0 fully saturated rings. The first-order valence-corrected chi connectivity index (χ1v) is 7.73. The van der Waals surface area contributed by atoms with Gasteiger partial charge in [0.05, 0.1) is 0 Å². The minimum atomic E-state index is -0.149. The van der Waals surface area contributed by atoms with Gasteiger partial charge in [-0.2, -0.15) is 0 Å². The third-order valence-electron chi connectivity index (χ3n) is 2.75. The van der Waals surface area contributed by atoms with E-state index in [9.17, 15) is 0 Å². The molecule has 3 heterocycles. The van der Waals surface area contributed by atoms with E-state index < -0.39 is 0 Å². The van der Waals surface area contributed by atoms with Crippen LogP contribution in [-0.4, -0.2) is 24.8 Å². The summed E-state index contributed by atoms with van der Waals surface area (Å²) in [5, 5.41) is 12.8. The summed E-state index contributed by atoms with van der Waals surface area (Å²) in [6.07, 6.45) is 1.56. The number of nitrogens with two attached hydrogens (primary N) is 1. The molecule has 8 heteroatoms. The Hall–Kier alpha value is -1.67. The van der Waals surface area contributed by atoms with Crippen LogP contribution in [0, 0.1) is 0 Å². The van der Waals surface area contributed by atoms with Crippen molar-refractivity contribution in [1.82, 2.24) is 24.8 Å². The molecule has 0 atom stereocenters. The Morgan fingerprint density at radius 2 is 2.05 bits per heavy atom. The Kier molecular flexibility index (Phi) is 3.14. The molecule has 0 aliphatic heterocycles. The van der Waals surface area contributed by atoms with Gasteiger partial charge >= 0.3 is 0 Å². The molecular formula is C12H14N6S2. The Balaban J connectivity index is 2.00. The molecule has 6 nitrogen and oxygen atoms in total. The maximum Gasteiger partial charge on any atom is 0.216 e. The number of thiophene rings is 1. The van der Waals surface area contributed by atoms with Crippen molar-refractivity contribution in [1.29, 1.82) is 0 Å². The number of hydrogen-bond acceptors (Lipinski definition) is 7. The maximum absolute atomic E-state index is 6.09. The van der Waals surface area contributed by atoms with Crippen molar-refractivity contribution in [2.75, 3.05) is 5.84 Å². The van der Waals surface area contributed by atoms with E-state index in [2.05, 4.69) is 40.9 Å². The molecule has 0 aliphatic rings. The summed E-state index contributed by atoms with van der Waals surface area (Å²) in [4.78, 5) is 9.50. The van der Waals surface area contributed by atoms with Crippen molar-refractivity contribution in [2.24, 2.45) is 0 Å².